The van der Waals surface area contributed by atoms with E-state index in [2.05, 4.69) is 10.4 Å². The van der Waals surface area contributed by atoms with E-state index in [1.807, 2.05) is 42.5 Å². The van der Waals surface area contributed by atoms with Crippen LogP contribution in [0.4, 0.5) is 10.1 Å². The van der Waals surface area contributed by atoms with Crippen LogP contribution >= 0.6 is 0 Å². The van der Waals surface area contributed by atoms with Crippen molar-refractivity contribution in [2.75, 3.05) is 5.32 Å². The van der Waals surface area contributed by atoms with Crippen molar-refractivity contribution < 1.29 is 14.3 Å². The lowest BCUT2D eigenvalue weighted by Gasteiger charge is -2.06. The molecule has 0 aliphatic rings. The average Bonchev–Trinajstić information content (AvgIpc) is 3.20. The highest BCUT2D eigenvalue weighted by molar-refractivity contribution is 6.08. The predicted molar refractivity (Wildman–Crippen MR) is 109 cm³/mol. The maximum atomic E-state index is 13.5. The molecular formula is C23H18FN3O2. The normalized spacial score (nSPS) is 10.7. The molecule has 0 atom stereocenters. The van der Waals surface area contributed by atoms with Crippen molar-refractivity contribution in [3.8, 4) is 16.9 Å². The van der Waals surface area contributed by atoms with E-state index in [1.54, 1.807) is 29.1 Å². The van der Waals surface area contributed by atoms with Gasteiger partial charge in [-0.2, -0.15) is 5.10 Å². The molecule has 0 bridgehead atoms. The molecule has 4 aromatic rings. The fourth-order valence-corrected chi connectivity index (χ4v) is 3.00. The lowest BCUT2D eigenvalue weighted by molar-refractivity contribution is 0.102. The second kappa shape index (κ2) is 8.08. The number of nitrogens with zero attached hydrogens (tertiary/aromatic N) is 2. The largest absolute Gasteiger partial charge is 0.392 e. The zero-order chi connectivity index (χ0) is 20.2. The summed E-state index contributed by atoms with van der Waals surface area (Å²) in [5.74, 6) is -0.818. The van der Waals surface area contributed by atoms with Crippen molar-refractivity contribution in [2.45, 2.75) is 6.61 Å². The molecule has 4 rings (SSSR count). The van der Waals surface area contributed by atoms with Gasteiger partial charge in [0.1, 0.15) is 11.5 Å². The molecule has 0 saturated carbocycles. The maximum Gasteiger partial charge on any atom is 0.259 e. The first kappa shape index (κ1) is 18.6. The van der Waals surface area contributed by atoms with Crippen LogP contribution < -0.4 is 5.32 Å². The van der Waals surface area contributed by atoms with Crippen molar-refractivity contribution in [1.82, 2.24) is 9.78 Å². The summed E-state index contributed by atoms with van der Waals surface area (Å²) in [4.78, 5) is 13.0. The summed E-state index contributed by atoms with van der Waals surface area (Å²) in [5.41, 5.74) is 3.53. The summed E-state index contributed by atoms with van der Waals surface area (Å²) in [6.45, 7) is -0.0638. The van der Waals surface area contributed by atoms with E-state index in [9.17, 15) is 14.3 Å². The molecule has 1 aromatic heterocycles. The van der Waals surface area contributed by atoms with Crippen LogP contribution in [0.3, 0.4) is 0 Å². The highest BCUT2D eigenvalue weighted by Gasteiger charge is 2.19. The van der Waals surface area contributed by atoms with E-state index in [1.165, 1.54) is 18.2 Å². The van der Waals surface area contributed by atoms with E-state index < -0.39 is 5.82 Å². The number of benzene rings is 3. The van der Waals surface area contributed by atoms with Gasteiger partial charge in [0, 0.05) is 17.4 Å². The number of carbonyl (C=O) groups excluding carboxylic acids is 1. The maximum absolute atomic E-state index is 13.5. The summed E-state index contributed by atoms with van der Waals surface area (Å²) in [6, 6.07) is 22.4. The Morgan fingerprint density at radius 1 is 1.00 bits per heavy atom. The van der Waals surface area contributed by atoms with Gasteiger partial charge in [0.05, 0.1) is 17.9 Å². The first-order chi connectivity index (χ1) is 14.1. The fourth-order valence-electron chi connectivity index (χ4n) is 3.00. The van der Waals surface area contributed by atoms with Gasteiger partial charge in [-0.05, 0) is 35.9 Å². The first-order valence-electron chi connectivity index (χ1n) is 9.06. The molecule has 2 N–H and O–H groups in total. The minimum Gasteiger partial charge on any atom is -0.392 e. The summed E-state index contributed by atoms with van der Waals surface area (Å²) in [6.07, 6.45) is 1.65. The van der Waals surface area contributed by atoms with E-state index in [0.29, 0.717) is 16.9 Å². The second-order valence-corrected chi connectivity index (χ2v) is 6.49. The molecule has 0 aliphatic carbocycles. The lowest BCUT2D eigenvalue weighted by Crippen LogP contribution is -2.12. The van der Waals surface area contributed by atoms with Gasteiger partial charge >= 0.3 is 0 Å². The van der Waals surface area contributed by atoms with Crippen molar-refractivity contribution in [2.24, 2.45) is 0 Å². The molecule has 5 nitrogen and oxygen atoms in total. The third-order valence-corrected chi connectivity index (χ3v) is 4.47. The number of amides is 1. The minimum atomic E-state index is -0.428. The molecule has 0 fully saturated rings. The molecule has 6 heteroatoms. The molecular weight excluding hydrogens is 369 g/mol. The van der Waals surface area contributed by atoms with Crippen LogP contribution in [-0.2, 0) is 6.61 Å². The molecule has 1 heterocycles. The molecule has 0 spiro atoms. The number of hydrogen-bond acceptors (Lipinski definition) is 3. The monoisotopic (exact) mass is 387 g/mol. The van der Waals surface area contributed by atoms with Crippen LogP contribution in [0, 0.1) is 5.82 Å². The van der Waals surface area contributed by atoms with Crippen molar-refractivity contribution in [1.29, 1.82) is 0 Å². The highest BCUT2D eigenvalue weighted by atomic mass is 19.1. The number of aromatic nitrogens is 2. The van der Waals surface area contributed by atoms with E-state index in [4.69, 9.17) is 0 Å². The number of anilines is 1. The van der Waals surface area contributed by atoms with Gasteiger partial charge in [-0.3, -0.25) is 4.79 Å². The zero-order valence-corrected chi connectivity index (χ0v) is 15.4. The summed E-state index contributed by atoms with van der Waals surface area (Å²) >= 11 is 0. The number of nitrogens with one attached hydrogen (secondary N) is 1. The van der Waals surface area contributed by atoms with Crippen molar-refractivity contribution in [3.63, 3.8) is 0 Å². The highest BCUT2D eigenvalue weighted by Crippen LogP contribution is 2.25. The predicted octanol–water partition coefficient (Wildman–Crippen LogP) is 4.42. The average molecular weight is 387 g/mol. The molecule has 29 heavy (non-hydrogen) atoms. The molecule has 3 aromatic carbocycles. The smallest absolute Gasteiger partial charge is 0.259 e. The van der Waals surface area contributed by atoms with Gasteiger partial charge in [-0.15, -0.1) is 0 Å². The molecule has 0 radical (unpaired) electrons. The third-order valence-electron chi connectivity index (χ3n) is 4.47. The number of hydrogen-bond donors (Lipinski definition) is 2. The van der Waals surface area contributed by atoms with E-state index >= 15 is 0 Å². The Morgan fingerprint density at radius 3 is 2.45 bits per heavy atom. The quantitative estimate of drug-likeness (QED) is 0.533. The SMILES string of the molecule is O=C(Nc1cccc(F)c1)c1cn(-c2ccccc2)nc1-c1ccc(CO)cc1. The second-order valence-electron chi connectivity index (χ2n) is 6.49. The van der Waals surface area contributed by atoms with Crippen LogP contribution in [0.15, 0.2) is 85.1 Å². The van der Waals surface area contributed by atoms with Gasteiger partial charge < -0.3 is 10.4 Å². The molecule has 0 aliphatic heterocycles. The van der Waals surface area contributed by atoms with Crippen molar-refractivity contribution in [3.05, 3.63) is 102 Å². The zero-order valence-electron chi connectivity index (χ0n) is 15.4. The number of halogens is 1. The van der Waals surface area contributed by atoms with Crippen LogP contribution in [-0.4, -0.2) is 20.8 Å². The Hall–Kier alpha value is -3.77. The number of para-hydroxylation sites is 1. The van der Waals surface area contributed by atoms with Gasteiger partial charge in [-0.25, -0.2) is 9.07 Å². The summed E-state index contributed by atoms with van der Waals surface area (Å²) in [5, 5.41) is 16.6. The topological polar surface area (TPSA) is 67.2 Å². The minimum absolute atomic E-state index is 0.0638. The van der Waals surface area contributed by atoms with Gasteiger partial charge in [0.25, 0.3) is 5.91 Å². The Labute approximate surface area is 167 Å². The third kappa shape index (κ3) is 4.07. The molecule has 0 unspecified atom stereocenters. The van der Waals surface area contributed by atoms with E-state index in [0.717, 1.165) is 16.8 Å². The molecule has 0 saturated heterocycles. The van der Waals surface area contributed by atoms with Crippen LogP contribution in [0.2, 0.25) is 0 Å². The van der Waals surface area contributed by atoms with Gasteiger partial charge in [0.2, 0.25) is 0 Å². The fraction of sp³-hybridized carbons (Fsp3) is 0.0435. The van der Waals surface area contributed by atoms with Crippen LogP contribution in [0.5, 0.6) is 0 Å². The Morgan fingerprint density at radius 2 is 1.76 bits per heavy atom. The Kier molecular flexibility index (Phi) is 5.18. The summed E-state index contributed by atoms with van der Waals surface area (Å²) in [7, 11) is 0. The first-order valence-corrected chi connectivity index (χ1v) is 9.06. The van der Waals surface area contributed by atoms with Gasteiger partial charge in [0.15, 0.2) is 0 Å². The summed E-state index contributed by atoms with van der Waals surface area (Å²) < 4.78 is 15.1. The standard InChI is InChI=1S/C23H18FN3O2/c24-18-5-4-6-19(13-18)25-23(29)21-14-27(20-7-2-1-3-8-20)26-22(21)17-11-9-16(15-28)10-12-17/h1-14,28H,15H2,(H,25,29). The Bertz CT molecular complexity index is 1140. The number of carbonyl (C=O) groups is 1. The lowest BCUT2D eigenvalue weighted by atomic mass is 10.1. The number of aliphatic hydroxyl groups is 1. The van der Waals surface area contributed by atoms with Crippen LogP contribution in [0.25, 0.3) is 16.9 Å². The van der Waals surface area contributed by atoms with Crippen LogP contribution in [0.1, 0.15) is 15.9 Å². The van der Waals surface area contributed by atoms with E-state index in [-0.39, 0.29) is 12.5 Å². The van der Waals surface area contributed by atoms with Gasteiger partial charge in [-0.1, -0.05) is 48.5 Å². The molecule has 1 amide bonds. The Balaban J connectivity index is 1.75. The van der Waals surface area contributed by atoms with Crippen molar-refractivity contribution >= 4 is 11.6 Å². The molecule has 144 valence electrons. The number of aliphatic hydroxyl groups excluding tert-OH is 1. The number of rotatable bonds is 5.